The molecule has 17 heavy (non-hydrogen) atoms. The first kappa shape index (κ1) is 12.3. The minimum atomic E-state index is 0.684. The van der Waals surface area contributed by atoms with Crippen molar-refractivity contribution in [2.45, 2.75) is 13.5 Å². The molecular formula is C12H9Br2N3. The number of rotatable bonds is 2. The normalized spacial score (nSPS) is 10.2. The molecule has 0 aliphatic rings. The molecule has 3 nitrogen and oxygen atoms in total. The van der Waals surface area contributed by atoms with Gasteiger partial charge in [0.1, 0.15) is 9.21 Å². The standard InChI is InChI=1S/C12H9Br2N3/c1-8-4-9(6-15)2-3-10(8)7-17-12(14)5-11(13)16-17/h2-5H,7H2,1H3. The first-order chi connectivity index (χ1) is 8.10. The van der Waals surface area contributed by atoms with Crippen molar-refractivity contribution in [3.8, 4) is 6.07 Å². The summed E-state index contributed by atoms with van der Waals surface area (Å²) in [5, 5.41) is 13.1. The fourth-order valence-corrected chi connectivity index (χ4v) is 2.72. The Hall–Kier alpha value is -1.12. The fraction of sp³-hybridized carbons (Fsp3) is 0.167. The van der Waals surface area contributed by atoms with E-state index in [-0.39, 0.29) is 0 Å². The molecule has 0 atom stereocenters. The van der Waals surface area contributed by atoms with Gasteiger partial charge in [0.15, 0.2) is 0 Å². The van der Waals surface area contributed by atoms with Crippen molar-refractivity contribution in [3.63, 3.8) is 0 Å². The van der Waals surface area contributed by atoms with E-state index in [9.17, 15) is 0 Å². The summed E-state index contributed by atoms with van der Waals surface area (Å²) in [6, 6.07) is 9.72. The van der Waals surface area contributed by atoms with Gasteiger partial charge in [-0.2, -0.15) is 10.4 Å². The fourth-order valence-electron chi connectivity index (χ4n) is 1.58. The van der Waals surface area contributed by atoms with Gasteiger partial charge in [-0.3, -0.25) is 4.68 Å². The van der Waals surface area contributed by atoms with E-state index in [4.69, 9.17) is 5.26 Å². The van der Waals surface area contributed by atoms with Crippen LogP contribution in [0.1, 0.15) is 16.7 Å². The van der Waals surface area contributed by atoms with Gasteiger partial charge in [0, 0.05) is 6.07 Å². The Morgan fingerprint density at radius 1 is 1.35 bits per heavy atom. The van der Waals surface area contributed by atoms with Gasteiger partial charge in [0.2, 0.25) is 0 Å². The number of halogens is 2. The van der Waals surface area contributed by atoms with Gasteiger partial charge in [-0.25, -0.2) is 0 Å². The van der Waals surface area contributed by atoms with Crippen LogP contribution in [-0.2, 0) is 6.54 Å². The summed E-state index contributed by atoms with van der Waals surface area (Å²) < 4.78 is 3.59. The number of nitrogens with zero attached hydrogens (tertiary/aromatic N) is 3. The molecule has 86 valence electrons. The Morgan fingerprint density at radius 3 is 2.65 bits per heavy atom. The summed E-state index contributed by atoms with van der Waals surface area (Å²) in [4.78, 5) is 0. The molecule has 0 amide bonds. The summed E-state index contributed by atoms with van der Waals surface area (Å²) in [5.41, 5.74) is 2.94. The zero-order chi connectivity index (χ0) is 12.4. The second-order valence-corrected chi connectivity index (χ2v) is 5.33. The lowest BCUT2D eigenvalue weighted by molar-refractivity contribution is 0.664. The molecule has 0 unspecified atom stereocenters. The van der Waals surface area contributed by atoms with Crippen LogP contribution < -0.4 is 0 Å². The molecule has 1 heterocycles. The summed E-state index contributed by atoms with van der Waals surface area (Å²) in [7, 11) is 0. The van der Waals surface area contributed by atoms with Crippen LogP contribution in [0.5, 0.6) is 0 Å². The maximum Gasteiger partial charge on any atom is 0.129 e. The molecule has 5 heteroatoms. The lowest BCUT2D eigenvalue weighted by Gasteiger charge is -2.07. The minimum absolute atomic E-state index is 0.684. The van der Waals surface area contributed by atoms with Crippen LogP contribution in [0.25, 0.3) is 0 Å². The maximum absolute atomic E-state index is 8.81. The molecule has 0 N–H and O–H groups in total. The minimum Gasteiger partial charge on any atom is -0.253 e. The molecule has 0 fully saturated rings. The highest BCUT2D eigenvalue weighted by atomic mass is 79.9. The van der Waals surface area contributed by atoms with Gasteiger partial charge < -0.3 is 0 Å². The van der Waals surface area contributed by atoms with Crippen LogP contribution in [0.4, 0.5) is 0 Å². The molecule has 0 aliphatic heterocycles. The van der Waals surface area contributed by atoms with Crippen LogP contribution in [0.2, 0.25) is 0 Å². The topological polar surface area (TPSA) is 41.6 Å². The largest absolute Gasteiger partial charge is 0.253 e. The van der Waals surface area contributed by atoms with E-state index in [0.717, 1.165) is 20.3 Å². The summed E-state index contributed by atoms with van der Waals surface area (Å²) in [6.07, 6.45) is 0. The van der Waals surface area contributed by atoms with Crippen LogP contribution in [-0.4, -0.2) is 9.78 Å². The third kappa shape index (κ3) is 2.76. The second-order valence-electron chi connectivity index (χ2n) is 3.70. The van der Waals surface area contributed by atoms with E-state index in [1.54, 1.807) is 0 Å². The van der Waals surface area contributed by atoms with Gasteiger partial charge in [0.25, 0.3) is 0 Å². The zero-order valence-electron chi connectivity index (χ0n) is 9.11. The van der Waals surface area contributed by atoms with Crippen molar-refractivity contribution >= 4 is 31.9 Å². The number of nitriles is 1. The van der Waals surface area contributed by atoms with Crippen molar-refractivity contribution in [3.05, 3.63) is 50.2 Å². The Bertz CT molecular complexity index is 596. The van der Waals surface area contributed by atoms with E-state index in [2.05, 4.69) is 43.0 Å². The van der Waals surface area contributed by atoms with Crippen molar-refractivity contribution in [1.29, 1.82) is 5.26 Å². The predicted octanol–water partition coefficient (Wildman–Crippen LogP) is 3.64. The first-order valence-corrected chi connectivity index (χ1v) is 6.57. The van der Waals surface area contributed by atoms with Crippen molar-refractivity contribution in [2.24, 2.45) is 0 Å². The van der Waals surface area contributed by atoms with Crippen LogP contribution in [0, 0.1) is 18.3 Å². The van der Waals surface area contributed by atoms with Crippen LogP contribution in [0.15, 0.2) is 33.5 Å². The molecule has 1 aromatic heterocycles. The SMILES string of the molecule is Cc1cc(C#N)ccc1Cn1nc(Br)cc1Br. The highest BCUT2D eigenvalue weighted by molar-refractivity contribution is 9.11. The first-order valence-electron chi connectivity index (χ1n) is 4.98. The quantitative estimate of drug-likeness (QED) is 0.826. The molecule has 2 aromatic rings. The number of hydrogen-bond donors (Lipinski definition) is 0. The number of aryl methyl sites for hydroxylation is 1. The summed E-state index contributed by atoms with van der Waals surface area (Å²) in [6.45, 7) is 2.69. The van der Waals surface area contributed by atoms with E-state index >= 15 is 0 Å². The average molecular weight is 355 g/mol. The maximum atomic E-state index is 8.81. The lowest BCUT2D eigenvalue weighted by atomic mass is 10.1. The van der Waals surface area contributed by atoms with Crippen molar-refractivity contribution in [1.82, 2.24) is 9.78 Å². The Morgan fingerprint density at radius 2 is 2.12 bits per heavy atom. The van der Waals surface area contributed by atoms with Gasteiger partial charge in [-0.1, -0.05) is 6.07 Å². The number of benzene rings is 1. The van der Waals surface area contributed by atoms with Crippen LogP contribution in [0.3, 0.4) is 0 Å². The van der Waals surface area contributed by atoms with Crippen molar-refractivity contribution in [2.75, 3.05) is 0 Å². The summed E-state index contributed by atoms with van der Waals surface area (Å²) in [5.74, 6) is 0. The van der Waals surface area contributed by atoms with Gasteiger partial charge in [0.05, 0.1) is 18.2 Å². The Labute approximate surface area is 116 Å². The third-order valence-corrected chi connectivity index (χ3v) is 3.52. The predicted molar refractivity (Wildman–Crippen MR) is 72.6 cm³/mol. The monoisotopic (exact) mass is 353 g/mol. The smallest absolute Gasteiger partial charge is 0.129 e. The Balaban J connectivity index is 2.31. The molecule has 0 radical (unpaired) electrons. The lowest BCUT2D eigenvalue weighted by Crippen LogP contribution is -2.03. The molecule has 0 saturated carbocycles. The van der Waals surface area contributed by atoms with Crippen molar-refractivity contribution < 1.29 is 0 Å². The second kappa shape index (κ2) is 5.03. The van der Waals surface area contributed by atoms with E-state index in [1.807, 2.05) is 35.9 Å². The average Bonchev–Trinajstić information content (AvgIpc) is 2.60. The summed E-state index contributed by atoms with van der Waals surface area (Å²) >= 11 is 6.78. The van der Waals surface area contributed by atoms with E-state index in [1.165, 1.54) is 0 Å². The van der Waals surface area contributed by atoms with E-state index in [0.29, 0.717) is 12.1 Å². The molecule has 0 spiro atoms. The molecule has 1 aromatic carbocycles. The van der Waals surface area contributed by atoms with Crippen LogP contribution >= 0.6 is 31.9 Å². The Kier molecular flexibility index (Phi) is 3.65. The molecule has 0 saturated heterocycles. The van der Waals surface area contributed by atoms with Gasteiger partial charge >= 0.3 is 0 Å². The van der Waals surface area contributed by atoms with E-state index < -0.39 is 0 Å². The molecule has 2 rings (SSSR count). The third-order valence-electron chi connectivity index (χ3n) is 2.49. The highest BCUT2D eigenvalue weighted by Crippen LogP contribution is 2.19. The number of hydrogen-bond acceptors (Lipinski definition) is 2. The zero-order valence-corrected chi connectivity index (χ0v) is 12.3. The molecular weight excluding hydrogens is 346 g/mol. The highest BCUT2D eigenvalue weighted by Gasteiger charge is 2.06. The van der Waals surface area contributed by atoms with Gasteiger partial charge in [-0.05, 0) is 62.0 Å². The van der Waals surface area contributed by atoms with Gasteiger partial charge in [-0.15, -0.1) is 0 Å². The number of aromatic nitrogens is 2. The molecule has 0 bridgehead atoms. The molecule has 0 aliphatic carbocycles.